The van der Waals surface area contributed by atoms with Crippen molar-refractivity contribution in [3.8, 4) is 0 Å². The van der Waals surface area contributed by atoms with Crippen molar-refractivity contribution in [2.75, 3.05) is 26.3 Å². The highest BCUT2D eigenvalue weighted by Crippen LogP contribution is 2.22. The van der Waals surface area contributed by atoms with Crippen LogP contribution in [-0.2, 0) is 9.53 Å². The van der Waals surface area contributed by atoms with Gasteiger partial charge in [0.05, 0.1) is 5.92 Å². The van der Waals surface area contributed by atoms with Crippen LogP contribution in [0.1, 0.15) is 32.6 Å². The van der Waals surface area contributed by atoms with Crippen LogP contribution in [0.15, 0.2) is 0 Å². The van der Waals surface area contributed by atoms with E-state index in [9.17, 15) is 9.59 Å². The lowest BCUT2D eigenvalue weighted by Crippen LogP contribution is -2.56. The molecule has 0 aromatic carbocycles. The van der Waals surface area contributed by atoms with Crippen molar-refractivity contribution in [1.82, 2.24) is 10.2 Å². The number of likely N-dealkylation sites (tertiary alicyclic amines) is 1. The maximum Gasteiger partial charge on any atom is 0.317 e. The van der Waals surface area contributed by atoms with Gasteiger partial charge in [0.1, 0.15) is 0 Å². The number of carboxylic acid groups (broad SMARTS) is 1. The second-order valence-electron chi connectivity index (χ2n) is 5.73. The Bertz CT molecular complexity index is 353. The number of aliphatic carboxylic acids is 1. The Hall–Kier alpha value is -1.30. The first-order chi connectivity index (χ1) is 9.00. The molecule has 2 fully saturated rings. The molecule has 0 unspecified atom stereocenters. The number of hydrogen-bond acceptors (Lipinski definition) is 3. The molecule has 2 N–H and O–H groups in total. The molecule has 0 spiro atoms. The summed E-state index contributed by atoms with van der Waals surface area (Å²) in [5.74, 6) is -1.24. The first-order valence-electron chi connectivity index (χ1n) is 6.88. The summed E-state index contributed by atoms with van der Waals surface area (Å²) in [5, 5.41) is 12.1. The van der Waals surface area contributed by atoms with E-state index in [1.165, 1.54) is 0 Å². The van der Waals surface area contributed by atoms with E-state index >= 15 is 0 Å². The van der Waals surface area contributed by atoms with Gasteiger partial charge in [0, 0.05) is 31.8 Å². The molecule has 2 rings (SSSR count). The molecular formula is C13H22N2O4. The quantitative estimate of drug-likeness (QED) is 0.786. The third-order valence-electron chi connectivity index (χ3n) is 4.06. The number of hydrogen-bond donors (Lipinski definition) is 2. The van der Waals surface area contributed by atoms with Crippen LogP contribution in [0.3, 0.4) is 0 Å². The van der Waals surface area contributed by atoms with Gasteiger partial charge >= 0.3 is 12.0 Å². The van der Waals surface area contributed by atoms with E-state index in [1.807, 2.05) is 6.92 Å². The third-order valence-corrected chi connectivity index (χ3v) is 4.06. The van der Waals surface area contributed by atoms with Crippen LogP contribution in [0.2, 0.25) is 0 Å². The second kappa shape index (κ2) is 5.77. The van der Waals surface area contributed by atoms with Crippen molar-refractivity contribution in [3.05, 3.63) is 0 Å². The molecule has 2 saturated heterocycles. The number of ether oxygens (including phenoxy) is 1. The summed E-state index contributed by atoms with van der Waals surface area (Å²) >= 11 is 0. The molecule has 0 radical (unpaired) electrons. The normalized spacial score (nSPS) is 26.8. The Morgan fingerprint density at radius 2 is 2.05 bits per heavy atom. The zero-order valence-corrected chi connectivity index (χ0v) is 11.4. The van der Waals surface area contributed by atoms with E-state index < -0.39 is 11.9 Å². The minimum absolute atomic E-state index is 0.143. The maximum atomic E-state index is 12.2. The van der Waals surface area contributed by atoms with E-state index in [4.69, 9.17) is 9.84 Å². The zero-order chi connectivity index (χ0) is 13.9. The maximum absolute atomic E-state index is 12.2. The molecule has 19 heavy (non-hydrogen) atoms. The van der Waals surface area contributed by atoms with Crippen molar-refractivity contribution in [1.29, 1.82) is 0 Å². The molecular weight excluding hydrogens is 248 g/mol. The molecule has 2 aliphatic rings. The number of rotatable bonds is 2. The van der Waals surface area contributed by atoms with Gasteiger partial charge in [-0.05, 0) is 32.6 Å². The van der Waals surface area contributed by atoms with Crippen molar-refractivity contribution in [3.63, 3.8) is 0 Å². The summed E-state index contributed by atoms with van der Waals surface area (Å²) in [6, 6.07) is -0.143. The summed E-state index contributed by atoms with van der Waals surface area (Å²) < 4.78 is 5.30. The van der Waals surface area contributed by atoms with Crippen LogP contribution >= 0.6 is 0 Å². The SMILES string of the molecule is CC1(NC(=O)N2CCC[C@H](C(=O)O)C2)CCOCC1. The molecule has 2 aliphatic heterocycles. The van der Waals surface area contributed by atoms with Gasteiger partial charge in [-0.2, -0.15) is 0 Å². The minimum atomic E-state index is -0.810. The van der Waals surface area contributed by atoms with Crippen LogP contribution in [0.25, 0.3) is 0 Å². The fourth-order valence-corrected chi connectivity index (χ4v) is 2.65. The van der Waals surface area contributed by atoms with Crippen molar-refractivity contribution < 1.29 is 19.4 Å². The molecule has 0 aromatic rings. The molecule has 1 atom stereocenters. The summed E-state index contributed by atoms with van der Waals surface area (Å²) in [5.41, 5.74) is -0.231. The molecule has 6 heteroatoms. The van der Waals surface area contributed by atoms with E-state index in [0.717, 1.165) is 19.3 Å². The number of urea groups is 1. The highest BCUT2D eigenvalue weighted by atomic mass is 16.5. The fraction of sp³-hybridized carbons (Fsp3) is 0.846. The van der Waals surface area contributed by atoms with E-state index in [1.54, 1.807) is 4.90 Å². The van der Waals surface area contributed by atoms with Crippen LogP contribution in [-0.4, -0.2) is 53.8 Å². The summed E-state index contributed by atoms with van der Waals surface area (Å²) in [6.45, 7) is 4.30. The Morgan fingerprint density at radius 1 is 1.37 bits per heavy atom. The van der Waals surface area contributed by atoms with Gasteiger partial charge in [-0.1, -0.05) is 0 Å². The number of carbonyl (C=O) groups is 2. The lowest BCUT2D eigenvalue weighted by Gasteiger charge is -2.38. The van der Waals surface area contributed by atoms with Gasteiger partial charge in [0.15, 0.2) is 0 Å². The lowest BCUT2D eigenvalue weighted by atomic mass is 9.92. The topological polar surface area (TPSA) is 78.9 Å². The van der Waals surface area contributed by atoms with Crippen molar-refractivity contribution >= 4 is 12.0 Å². The zero-order valence-electron chi connectivity index (χ0n) is 11.4. The number of carbonyl (C=O) groups excluding carboxylic acids is 1. The highest BCUT2D eigenvalue weighted by Gasteiger charge is 2.33. The lowest BCUT2D eigenvalue weighted by molar-refractivity contribution is -0.143. The summed E-state index contributed by atoms with van der Waals surface area (Å²) in [7, 11) is 0. The monoisotopic (exact) mass is 270 g/mol. The van der Waals surface area contributed by atoms with Crippen molar-refractivity contribution in [2.45, 2.75) is 38.1 Å². The first kappa shape index (κ1) is 14.1. The number of carboxylic acids is 1. The number of nitrogens with zero attached hydrogens (tertiary/aromatic N) is 1. The third kappa shape index (κ3) is 3.59. The Kier molecular flexibility index (Phi) is 4.29. The van der Waals surface area contributed by atoms with Gasteiger partial charge in [-0.3, -0.25) is 4.79 Å². The number of amides is 2. The average molecular weight is 270 g/mol. The molecule has 2 amide bonds. The standard InChI is InChI=1S/C13H22N2O4/c1-13(4-7-19-8-5-13)14-12(18)15-6-2-3-10(9-15)11(16)17/h10H,2-9H2,1H3,(H,14,18)(H,16,17)/t10-/m0/s1. The molecule has 108 valence electrons. The predicted molar refractivity (Wildman–Crippen MR) is 68.9 cm³/mol. The fourth-order valence-electron chi connectivity index (χ4n) is 2.65. The van der Waals surface area contributed by atoms with Gasteiger partial charge in [-0.25, -0.2) is 4.79 Å². The van der Waals surface area contributed by atoms with Crippen LogP contribution < -0.4 is 5.32 Å². The Balaban J connectivity index is 1.90. The first-order valence-corrected chi connectivity index (χ1v) is 6.88. The molecule has 2 heterocycles. The molecule has 0 saturated carbocycles. The predicted octanol–water partition coefficient (Wildman–Crippen LogP) is 1.06. The van der Waals surface area contributed by atoms with Gasteiger partial charge in [0.2, 0.25) is 0 Å². The second-order valence-corrected chi connectivity index (χ2v) is 5.73. The van der Waals surface area contributed by atoms with Gasteiger partial charge in [0.25, 0.3) is 0 Å². The molecule has 0 bridgehead atoms. The van der Waals surface area contributed by atoms with E-state index in [0.29, 0.717) is 32.7 Å². The largest absolute Gasteiger partial charge is 0.481 e. The van der Waals surface area contributed by atoms with Crippen LogP contribution in [0.4, 0.5) is 4.79 Å². The van der Waals surface area contributed by atoms with E-state index in [2.05, 4.69) is 5.32 Å². The van der Waals surface area contributed by atoms with Gasteiger partial charge < -0.3 is 20.1 Å². The molecule has 6 nitrogen and oxygen atoms in total. The van der Waals surface area contributed by atoms with Gasteiger partial charge in [-0.15, -0.1) is 0 Å². The Morgan fingerprint density at radius 3 is 2.68 bits per heavy atom. The van der Waals surface area contributed by atoms with Crippen LogP contribution in [0.5, 0.6) is 0 Å². The summed E-state index contributed by atoms with van der Waals surface area (Å²) in [4.78, 5) is 24.8. The number of nitrogens with one attached hydrogen (secondary N) is 1. The molecule has 0 aromatic heterocycles. The molecule has 0 aliphatic carbocycles. The summed E-state index contributed by atoms with van der Waals surface area (Å²) in [6.07, 6.45) is 3.01. The highest BCUT2D eigenvalue weighted by molar-refractivity contribution is 5.77. The smallest absolute Gasteiger partial charge is 0.317 e. The van der Waals surface area contributed by atoms with E-state index in [-0.39, 0.29) is 11.6 Å². The average Bonchev–Trinajstić information content (AvgIpc) is 2.39. The van der Waals surface area contributed by atoms with Crippen LogP contribution in [0, 0.1) is 5.92 Å². The van der Waals surface area contributed by atoms with Crippen molar-refractivity contribution in [2.24, 2.45) is 5.92 Å². The number of piperidine rings is 1. The Labute approximate surface area is 113 Å². The minimum Gasteiger partial charge on any atom is -0.481 e.